The number of hydrogen-bond donors (Lipinski definition) is 0. The number of cyclic esters (lactones) is 1. The standard InChI is InChI=1S/C13H13NO3/c1-9(2)12(15)14-11(8-17-13(14)16)10-6-4-3-5-7-10/h3-7,11H,1,8H2,2H3/t11-/m1/s1. The molecule has 0 unspecified atom stereocenters. The largest absolute Gasteiger partial charge is 0.446 e. The Morgan fingerprint density at radius 3 is 2.65 bits per heavy atom. The molecule has 0 N–H and O–H groups in total. The fourth-order valence-corrected chi connectivity index (χ4v) is 1.77. The van der Waals surface area contributed by atoms with Crippen LogP contribution in [-0.2, 0) is 9.53 Å². The Hall–Kier alpha value is -2.10. The smallest absolute Gasteiger partial charge is 0.417 e. The third-order valence-electron chi connectivity index (χ3n) is 2.64. The number of rotatable bonds is 2. The first kappa shape index (κ1) is 11.4. The number of amides is 2. The molecule has 0 saturated carbocycles. The summed E-state index contributed by atoms with van der Waals surface area (Å²) in [5.41, 5.74) is 1.21. The summed E-state index contributed by atoms with van der Waals surface area (Å²) >= 11 is 0. The number of hydrogen-bond acceptors (Lipinski definition) is 3. The molecular weight excluding hydrogens is 218 g/mol. The number of carbonyl (C=O) groups excluding carboxylic acids is 2. The van der Waals surface area contributed by atoms with E-state index in [-0.39, 0.29) is 18.6 Å². The summed E-state index contributed by atoms with van der Waals surface area (Å²) in [5, 5.41) is 0. The van der Waals surface area contributed by atoms with Crippen molar-refractivity contribution in [3.8, 4) is 0 Å². The Morgan fingerprint density at radius 2 is 2.06 bits per heavy atom. The zero-order valence-electron chi connectivity index (χ0n) is 9.55. The first-order valence-corrected chi connectivity index (χ1v) is 5.32. The Bertz CT molecular complexity index is 467. The quantitative estimate of drug-likeness (QED) is 0.733. The topological polar surface area (TPSA) is 46.6 Å². The monoisotopic (exact) mass is 231 g/mol. The average Bonchev–Trinajstić information content (AvgIpc) is 2.71. The van der Waals surface area contributed by atoms with Crippen molar-refractivity contribution in [2.75, 3.05) is 6.61 Å². The maximum absolute atomic E-state index is 11.9. The van der Waals surface area contributed by atoms with Crippen LogP contribution in [-0.4, -0.2) is 23.5 Å². The number of carbonyl (C=O) groups is 2. The van der Waals surface area contributed by atoms with Crippen molar-refractivity contribution < 1.29 is 14.3 Å². The van der Waals surface area contributed by atoms with Gasteiger partial charge in [-0.3, -0.25) is 4.79 Å². The molecule has 0 radical (unpaired) electrons. The second-order valence-electron chi connectivity index (χ2n) is 3.96. The van der Waals surface area contributed by atoms with Gasteiger partial charge in [-0.2, -0.15) is 0 Å². The van der Waals surface area contributed by atoms with Crippen LogP contribution in [0.15, 0.2) is 42.5 Å². The van der Waals surface area contributed by atoms with Crippen LogP contribution in [0.3, 0.4) is 0 Å². The minimum absolute atomic E-state index is 0.196. The molecule has 0 aliphatic carbocycles. The van der Waals surface area contributed by atoms with Crippen LogP contribution in [0.5, 0.6) is 0 Å². The summed E-state index contributed by atoms with van der Waals surface area (Å²) in [6.45, 7) is 5.34. The van der Waals surface area contributed by atoms with E-state index in [0.717, 1.165) is 10.5 Å². The summed E-state index contributed by atoms with van der Waals surface area (Å²) in [4.78, 5) is 24.5. The predicted molar refractivity (Wildman–Crippen MR) is 62.2 cm³/mol. The van der Waals surface area contributed by atoms with Gasteiger partial charge in [0.25, 0.3) is 5.91 Å². The van der Waals surface area contributed by atoms with Crippen LogP contribution < -0.4 is 0 Å². The molecule has 4 nitrogen and oxygen atoms in total. The number of imide groups is 1. The van der Waals surface area contributed by atoms with Gasteiger partial charge in [0.1, 0.15) is 12.6 Å². The van der Waals surface area contributed by atoms with Crippen LogP contribution >= 0.6 is 0 Å². The highest BCUT2D eigenvalue weighted by molar-refractivity contribution is 6.02. The Morgan fingerprint density at radius 1 is 1.41 bits per heavy atom. The van der Waals surface area contributed by atoms with E-state index in [1.807, 2.05) is 30.3 Å². The van der Waals surface area contributed by atoms with E-state index in [0.29, 0.717) is 5.57 Å². The summed E-state index contributed by atoms with van der Waals surface area (Å²) in [6.07, 6.45) is -0.605. The predicted octanol–water partition coefficient (Wildman–Crippen LogP) is 2.28. The third kappa shape index (κ3) is 2.06. The molecule has 1 atom stereocenters. The summed E-state index contributed by atoms with van der Waals surface area (Å²) in [5.74, 6) is -0.388. The van der Waals surface area contributed by atoms with Gasteiger partial charge in [0.15, 0.2) is 0 Å². The molecule has 17 heavy (non-hydrogen) atoms. The number of benzene rings is 1. The average molecular weight is 231 g/mol. The molecular formula is C13H13NO3. The van der Waals surface area contributed by atoms with Gasteiger partial charge in [-0.1, -0.05) is 36.9 Å². The maximum atomic E-state index is 11.9. The molecule has 88 valence electrons. The van der Waals surface area contributed by atoms with E-state index >= 15 is 0 Å². The normalized spacial score (nSPS) is 19.0. The first-order valence-electron chi connectivity index (χ1n) is 5.32. The van der Waals surface area contributed by atoms with Crippen LogP contribution in [0.1, 0.15) is 18.5 Å². The van der Waals surface area contributed by atoms with Crippen molar-refractivity contribution in [1.82, 2.24) is 4.90 Å². The minimum atomic E-state index is -0.605. The van der Waals surface area contributed by atoms with Crippen LogP contribution in [0.2, 0.25) is 0 Å². The fourth-order valence-electron chi connectivity index (χ4n) is 1.77. The molecule has 1 aromatic carbocycles. The molecule has 0 spiro atoms. The van der Waals surface area contributed by atoms with Crippen molar-refractivity contribution in [1.29, 1.82) is 0 Å². The third-order valence-corrected chi connectivity index (χ3v) is 2.64. The van der Waals surface area contributed by atoms with E-state index in [9.17, 15) is 9.59 Å². The Labute approximate surface area is 99.5 Å². The van der Waals surface area contributed by atoms with Crippen molar-refractivity contribution in [3.63, 3.8) is 0 Å². The Kier molecular flexibility index (Phi) is 2.95. The van der Waals surface area contributed by atoms with Crippen molar-refractivity contribution in [3.05, 3.63) is 48.0 Å². The second kappa shape index (κ2) is 4.41. The van der Waals surface area contributed by atoms with Gasteiger partial charge in [-0.05, 0) is 12.5 Å². The Balaban J connectivity index is 2.32. The molecule has 1 aliphatic rings. The highest BCUT2D eigenvalue weighted by atomic mass is 16.6. The van der Waals surface area contributed by atoms with Gasteiger partial charge in [0.2, 0.25) is 0 Å². The zero-order valence-corrected chi connectivity index (χ0v) is 9.55. The molecule has 2 rings (SSSR count). The summed E-state index contributed by atoms with van der Waals surface area (Å²) in [6, 6.07) is 8.99. The molecule has 2 amide bonds. The fraction of sp³-hybridized carbons (Fsp3) is 0.231. The van der Waals surface area contributed by atoms with Crippen LogP contribution in [0, 0.1) is 0 Å². The molecule has 1 heterocycles. The van der Waals surface area contributed by atoms with E-state index < -0.39 is 6.09 Å². The van der Waals surface area contributed by atoms with Gasteiger partial charge in [-0.15, -0.1) is 0 Å². The second-order valence-corrected chi connectivity index (χ2v) is 3.96. The first-order chi connectivity index (χ1) is 8.11. The van der Waals surface area contributed by atoms with E-state index in [1.54, 1.807) is 6.92 Å². The van der Waals surface area contributed by atoms with Gasteiger partial charge in [0.05, 0.1) is 0 Å². The van der Waals surface area contributed by atoms with Crippen LogP contribution in [0.25, 0.3) is 0 Å². The lowest BCUT2D eigenvalue weighted by Crippen LogP contribution is -2.34. The molecule has 1 fully saturated rings. The number of nitrogens with zero attached hydrogens (tertiary/aromatic N) is 1. The van der Waals surface area contributed by atoms with Gasteiger partial charge in [0, 0.05) is 5.57 Å². The zero-order chi connectivity index (χ0) is 12.4. The minimum Gasteiger partial charge on any atom is -0.446 e. The molecule has 0 bridgehead atoms. The molecule has 1 aliphatic heterocycles. The van der Waals surface area contributed by atoms with Gasteiger partial charge in [-0.25, -0.2) is 9.69 Å². The van der Waals surface area contributed by atoms with E-state index in [1.165, 1.54) is 0 Å². The lowest BCUT2D eigenvalue weighted by atomic mass is 10.1. The van der Waals surface area contributed by atoms with Gasteiger partial charge < -0.3 is 4.74 Å². The summed E-state index contributed by atoms with van der Waals surface area (Å²) in [7, 11) is 0. The van der Waals surface area contributed by atoms with Crippen molar-refractivity contribution in [2.24, 2.45) is 0 Å². The lowest BCUT2D eigenvalue weighted by molar-refractivity contribution is -0.125. The van der Waals surface area contributed by atoms with Crippen LogP contribution in [0.4, 0.5) is 4.79 Å². The lowest BCUT2D eigenvalue weighted by Gasteiger charge is -2.19. The number of ether oxygens (including phenoxy) is 1. The van der Waals surface area contributed by atoms with Crippen molar-refractivity contribution in [2.45, 2.75) is 13.0 Å². The molecule has 1 saturated heterocycles. The van der Waals surface area contributed by atoms with E-state index in [2.05, 4.69) is 6.58 Å². The SMILES string of the molecule is C=C(C)C(=O)N1C(=O)OC[C@@H]1c1ccccc1. The molecule has 4 heteroatoms. The van der Waals surface area contributed by atoms with E-state index in [4.69, 9.17) is 4.74 Å². The highest BCUT2D eigenvalue weighted by Crippen LogP contribution is 2.28. The van der Waals surface area contributed by atoms with Crippen molar-refractivity contribution >= 4 is 12.0 Å². The highest BCUT2D eigenvalue weighted by Gasteiger charge is 2.38. The molecule has 1 aromatic rings. The molecule has 0 aromatic heterocycles. The summed E-state index contributed by atoms with van der Waals surface area (Å²) < 4.78 is 4.93. The van der Waals surface area contributed by atoms with Gasteiger partial charge >= 0.3 is 6.09 Å². The maximum Gasteiger partial charge on any atom is 0.417 e.